The summed E-state index contributed by atoms with van der Waals surface area (Å²) in [4.78, 5) is 12.2. The maximum Gasteiger partial charge on any atom is 0.361 e. The van der Waals surface area contributed by atoms with E-state index in [4.69, 9.17) is 4.74 Å². The normalized spacial score (nSPS) is 32.4. The maximum atomic E-state index is 12.2. The number of piperidine rings is 2. The Morgan fingerprint density at radius 1 is 1.14 bits per heavy atom. The first-order valence-corrected chi connectivity index (χ1v) is 9.26. The summed E-state index contributed by atoms with van der Waals surface area (Å²) in [6.07, 6.45) is 6.55. The first-order chi connectivity index (χ1) is 10.4. The molecule has 0 aromatic heterocycles. The summed E-state index contributed by atoms with van der Waals surface area (Å²) in [6.45, 7) is 10.0. The van der Waals surface area contributed by atoms with Crippen LogP contribution in [0.5, 0.6) is 0 Å². The van der Waals surface area contributed by atoms with Crippen LogP contribution in [0.3, 0.4) is 0 Å². The second kappa shape index (κ2) is 7.31. The van der Waals surface area contributed by atoms with Gasteiger partial charge in [-0.2, -0.15) is 0 Å². The molecule has 2 heterocycles. The lowest BCUT2D eigenvalue weighted by Gasteiger charge is -2.51. The van der Waals surface area contributed by atoms with Crippen molar-refractivity contribution in [2.24, 2.45) is 5.92 Å². The Labute approximate surface area is 136 Å². The third-order valence-electron chi connectivity index (χ3n) is 6.50. The number of likely N-dealkylation sites (N-methyl/N-ethyl adjacent to an activating group) is 1. The minimum absolute atomic E-state index is 0.0122. The highest BCUT2D eigenvalue weighted by Crippen LogP contribution is 2.36. The summed E-state index contributed by atoms with van der Waals surface area (Å²) in [7, 11) is 4.55. The van der Waals surface area contributed by atoms with Crippen molar-refractivity contribution in [1.29, 1.82) is 0 Å². The van der Waals surface area contributed by atoms with Crippen molar-refractivity contribution in [2.75, 3.05) is 53.4 Å². The van der Waals surface area contributed by atoms with Gasteiger partial charge in [0, 0.05) is 12.3 Å². The van der Waals surface area contributed by atoms with E-state index in [0.717, 1.165) is 17.6 Å². The Hall–Kier alpha value is -0.610. The summed E-state index contributed by atoms with van der Waals surface area (Å²) in [5.41, 5.74) is 0. The number of hydrogen-bond acceptors (Lipinski definition) is 2. The van der Waals surface area contributed by atoms with E-state index in [2.05, 4.69) is 27.9 Å². The number of fused-ring (bicyclic) bond motifs is 1. The van der Waals surface area contributed by atoms with Crippen molar-refractivity contribution in [1.82, 2.24) is 0 Å². The predicted octanol–water partition coefficient (Wildman–Crippen LogP) is 2.43. The molecule has 0 bridgehead atoms. The van der Waals surface area contributed by atoms with Crippen LogP contribution in [0.4, 0.5) is 0 Å². The second-order valence-electron chi connectivity index (χ2n) is 7.99. The highest BCUT2D eigenvalue weighted by molar-refractivity contribution is 5.70. The van der Waals surface area contributed by atoms with Gasteiger partial charge in [-0.15, -0.1) is 0 Å². The van der Waals surface area contributed by atoms with Crippen LogP contribution in [0.2, 0.25) is 0 Å². The lowest BCUT2D eigenvalue weighted by molar-refractivity contribution is -0.947. The average molecular weight is 312 g/mol. The van der Waals surface area contributed by atoms with E-state index in [1.807, 2.05) is 0 Å². The topological polar surface area (TPSA) is 26.3 Å². The van der Waals surface area contributed by atoms with Gasteiger partial charge < -0.3 is 13.7 Å². The molecule has 2 fully saturated rings. The van der Waals surface area contributed by atoms with Crippen LogP contribution in [0.15, 0.2) is 0 Å². The number of carbonyl (C=O) groups excluding carboxylic acids is 1. The quantitative estimate of drug-likeness (QED) is 0.556. The molecule has 0 spiro atoms. The van der Waals surface area contributed by atoms with Gasteiger partial charge in [-0.3, -0.25) is 0 Å². The van der Waals surface area contributed by atoms with Gasteiger partial charge in [0.05, 0.1) is 52.9 Å². The third-order valence-corrected chi connectivity index (χ3v) is 6.50. The predicted molar refractivity (Wildman–Crippen MR) is 89.4 cm³/mol. The highest BCUT2D eigenvalue weighted by Gasteiger charge is 2.44. The van der Waals surface area contributed by atoms with Crippen LogP contribution < -0.4 is 0 Å². The summed E-state index contributed by atoms with van der Waals surface area (Å²) in [5, 5.41) is 0. The monoisotopic (exact) mass is 312 g/mol. The molecule has 2 aliphatic rings. The minimum atomic E-state index is -0.0122. The Balaban J connectivity index is 1.86. The molecular weight excluding hydrogens is 276 g/mol. The van der Waals surface area contributed by atoms with E-state index >= 15 is 0 Å². The molecule has 0 aromatic carbocycles. The fourth-order valence-corrected chi connectivity index (χ4v) is 4.43. The van der Waals surface area contributed by atoms with Crippen LogP contribution in [0.1, 0.15) is 46.0 Å². The Morgan fingerprint density at radius 2 is 1.82 bits per heavy atom. The van der Waals surface area contributed by atoms with Gasteiger partial charge in [0.15, 0.2) is 6.54 Å². The van der Waals surface area contributed by atoms with Crippen molar-refractivity contribution in [2.45, 2.75) is 52.0 Å². The second-order valence-corrected chi connectivity index (χ2v) is 7.99. The zero-order chi connectivity index (χ0) is 16.2. The molecule has 0 saturated carbocycles. The standard InChI is InChI=1S/C18H36N2O2/c1-5-19(3,6-2)14-18(21)22-15-16-10-9-13-20(4)12-8-7-11-17(16)20/h16-17H,5-15H2,1-4H3/q+2. The van der Waals surface area contributed by atoms with E-state index in [9.17, 15) is 4.79 Å². The fourth-order valence-electron chi connectivity index (χ4n) is 4.43. The molecule has 4 heteroatoms. The molecule has 0 amide bonds. The van der Waals surface area contributed by atoms with E-state index in [1.54, 1.807) is 0 Å². The molecule has 4 nitrogen and oxygen atoms in total. The molecule has 0 N–H and O–H groups in total. The molecule has 0 aliphatic carbocycles. The van der Waals surface area contributed by atoms with E-state index in [-0.39, 0.29) is 5.97 Å². The lowest BCUT2D eigenvalue weighted by Crippen LogP contribution is -2.61. The number of rotatable bonds is 6. The van der Waals surface area contributed by atoms with Gasteiger partial charge >= 0.3 is 5.97 Å². The number of nitrogens with zero attached hydrogens (tertiary/aromatic N) is 2. The summed E-state index contributed by atoms with van der Waals surface area (Å²) >= 11 is 0. The van der Waals surface area contributed by atoms with E-state index in [0.29, 0.717) is 25.1 Å². The van der Waals surface area contributed by atoms with Crippen molar-refractivity contribution < 1.29 is 18.5 Å². The fraction of sp³-hybridized carbons (Fsp3) is 0.944. The first-order valence-electron chi connectivity index (χ1n) is 9.26. The van der Waals surface area contributed by atoms with Gasteiger partial charge in [-0.25, -0.2) is 4.79 Å². The molecular formula is C18H36N2O2+2. The molecule has 0 aromatic rings. The van der Waals surface area contributed by atoms with Gasteiger partial charge in [-0.1, -0.05) is 0 Å². The summed E-state index contributed by atoms with van der Waals surface area (Å²) in [5.74, 6) is 0.562. The van der Waals surface area contributed by atoms with Crippen molar-refractivity contribution in [3.8, 4) is 0 Å². The summed E-state index contributed by atoms with van der Waals surface area (Å²) in [6, 6.07) is 0.716. The SMILES string of the molecule is CC[N+](C)(CC)CC(=O)OCC1CCC[N+]2(C)CCCCC12. The molecule has 2 rings (SSSR count). The van der Waals surface area contributed by atoms with E-state index < -0.39 is 0 Å². The smallest absolute Gasteiger partial charge is 0.361 e. The lowest BCUT2D eigenvalue weighted by atomic mass is 9.82. The highest BCUT2D eigenvalue weighted by atomic mass is 16.5. The molecule has 2 aliphatic heterocycles. The molecule has 128 valence electrons. The molecule has 22 heavy (non-hydrogen) atoms. The first kappa shape index (κ1) is 17.7. The van der Waals surface area contributed by atoms with Crippen LogP contribution in [-0.4, -0.2) is 74.4 Å². The Morgan fingerprint density at radius 3 is 2.50 bits per heavy atom. The molecule has 2 saturated heterocycles. The minimum Gasteiger partial charge on any atom is -0.461 e. The Kier molecular flexibility index (Phi) is 5.89. The van der Waals surface area contributed by atoms with Crippen molar-refractivity contribution in [3.63, 3.8) is 0 Å². The third kappa shape index (κ3) is 4.02. The maximum absolute atomic E-state index is 12.2. The zero-order valence-electron chi connectivity index (χ0n) is 15.1. The average Bonchev–Trinajstić information content (AvgIpc) is 2.52. The van der Waals surface area contributed by atoms with Crippen molar-refractivity contribution in [3.05, 3.63) is 0 Å². The Bertz CT molecular complexity index is 377. The molecule has 3 atom stereocenters. The van der Waals surface area contributed by atoms with E-state index in [1.165, 1.54) is 49.7 Å². The van der Waals surface area contributed by atoms with Gasteiger partial charge in [0.1, 0.15) is 0 Å². The number of carbonyl (C=O) groups is 1. The number of esters is 1. The van der Waals surface area contributed by atoms with Crippen LogP contribution in [-0.2, 0) is 9.53 Å². The van der Waals surface area contributed by atoms with Crippen molar-refractivity contribution >= 4 is 5.97 Å². The zero-order valence-corrected chi connectivity index (χ0v) is 15.1. The van der Waals surface area contributed by atoms with Gasteiger partial charge in [-0.05, 0) is 39.5 Å². The van der Waals surface area contributed by atoms with Crippen LogP contribution >= 0.6 is 0 Å². The van der Waals surface area contributed by atoms with Crippen LogP contribution in [0, 0.1) is 5.92 Å². The van der Waals surface area contributed by atoms with Gasteiger partial charge in [0.2, 0.25) is 0 Å². The van der Waals surface area contributed by atoms with Crippen LogP contribution in [0.25, 0.3) is 0 Å². The van der Waals surface area contributed by atoms with Gasteiger partial charge in [0.25, 0.3) is 0 Å². The number of quaternary nitrogens is 2. The molecule has 0 radical (unpaired) electrons. The largest absolute Gasteiger partial charge is 0.461 e. The number of hydrogen-bond donors (Lipinski definition) is 0. The summed E-state index contributed by atoms with van der Waals surface area (Å²) < 4.78 is 7.71. The molecule has 3 unspecified atom stereocenters. The number of ether oxygens (including phenoxy) is 1.